The summed E-state index contributed by atoms with van der Waals surface area (Å²) in [5.41, 5.74) is 6.36. The molecule has 0 aliphatic heterocycles. The number of carbonyl (C=O) groups is 1. The molecule has 380 valence electrons. The Balaban J connectivity index is 1.23. The van der Waals surface area contributed by atoms with Crippen LogP contribution in [0.15, 0.2) is 176 Å². The third kappa shape index (κ3) is 11.0. The maximum Gasteiger partial charge on any atom is 0.296 e. The third-order valence-corrected chi connectivity index (χ3v) is 14.9. The summed E-state index contributed by atoms with van der Waals surface area (Å²) in [5, 5.41) is 28.7. The van der Waals surface area contributed by atoms with Gasteiger partial charge in [-0.3, -0.25) is 33.0 Å². The fourth-order valence-electron chi connectivity index (χ4n) is 7.18. The molecule has 0 aromatic heterocycles. The number of carbonyl (C=O) groups excluding carboxylic acids is 1. The van der Waals surface area contributed by atoms with E-state index in [9.17, 15) is 69.6 Å². The Bertz CT molecular complexity index is 4340. The highest BCUT2D eigenvalue weighted by molar-refractivity contribution is 7.91. The number of Topliss-reactive ketones (excluding diaryl/α,β-unsaturated/α-hetero) is 1. The molecule has 31 heteroatoms. The number of nitrogen functional groups attached to an aromatic ring is 1. The monoisotopic (exact) mass is 1110 g/mol. The zero-order valence-electron chi connectivity index (χ0n) is 36.9. The number of nitrogens with two attached hydrogens (primary N) is 1. The number of benzene rings is 7. The molecular weight excluding hydrogens is 1070 g/mol. The van der Waals surface area contributed by atoms with Gasteiger partial charge in [0.15, 0.2) is 5.71 Å². The number of hydrazone groups is 1. The zero-order valence-corrected chi connectivity index (χ0v) is 41.0. The van der Waals surface area contributed by atoms with Crippen LogP contribution >= 0.6 is 0 Å². The van der Waals surface area contributed by atoms with Gasteiger partial charge in [-0.1, -0.05) is 24.3 Å². The summed E-state index contributed by atoms with van der Waals surface area (Å²) < 4.78 is 177. The van der Waals surface area contributed by atoms with Crippen LogP contribution in [0.3, 0.4) is 0 Å². The molecule has 0 unspecified atom stereocenters. The van der Waals surface area contributed by atoms with Crippen molar-refractivity contribution in [1.29, 1.82) is 0 Å². The van der Waals surface area contributed by atoms with E-state index in [0.29, 0.717) is 0 Å². The number of nitrogens with zero attached hydrogens (tertiary/aromatic N) is 7. The Morgan fingerprint density at radius 2 is 0.986 bits per heavy atom. The third-order valence-electron chi connectivity index (χ3n) is 10.6. The molecule has 0 amide bonds. The van der Waals surface area contributed by atoms with Gasteiger partial charge in [-0.25, -0.2) is 0 Å². The number of rotatable bonds is 14. The van der Waals surface area contributed by atoms with E-state index in [-0.39, 0.29) is 83.9 Å². The van der Waals surface area contributed by atoms with E-state index in [1.54, 1.807) is 0 Å². The predicted molar refractivity (Wildman–Crippen MR) is 265 cm³/mol. The van der Waals surface area contributed by atoms with Crippen LogP contribution in [-0.2, 0) is 50.6 Å². The predicted octanol–water partition coefficient (Wildman–Crippen LogP) is 8.71. The van der Waals surface area contributed by atoms with Gasteiger partial charge in [0.25, 0.3) is 50.6 Å². The summed E-state index contributed by atoms with van der Waals surface area (Å²) in [7, 11) is -23.1. The van der Waals surface area contributed by atoms with Gasteiger partial charge in [0.2, 0.25) is 5.78 Å². The minimum Gasteiger partial charge on any atom is -0.494 e. The lowest BCUT2D eigenvalue weighted by Crippen LogP contribution is -2.27. The van der Waals surface area contributed by atoms with Crippen LogP contribution in [0.2, 0.25) is 0 Å². The Kier molecular flexibility index (Phi) is 13.7. The minimum atomic E-state index is -5.32. The standard InChI is InChI=1S/C43H31N9O17S5/c1-69-38-21-37(49-48-36-15-14-35(28-10-8-26(18-31(28)36)72(60,61)62)47-45-22-4-2-6-24(16-22)70(54,55)56)32-19-27(73(63,64)65)9-11-29(32)41(38)51-52-42-39(74(66,67)68)20-33-30(43(42)53)12-13-34(44)40(33)50-46-23-5-3-7-25(17-23)71(57,58)59/h2-21,51H,44H2,1H3,(H,54,55,56)(H,57,58,59)(H,60,61,62)(H,63,64,65)(H,66,67,68)/b47-45?,49-48?,50-46?,52-42-. The molecule has 0 spiro atoms. The van der Waals surface area contributed by atoms with Gasteiger partial charge in [0.1, 0.15) is 22.0 Å². The van der Waals surface area contributed by atoms with Crippen molar-refractivity contribution in [3.63, 3.8) is 0 Å². The number of hydrogen-bond acceptors (Lipinski definition) is 21. The number of allylic oxidation sites excluding steroid dienone is 1. The number of methoxy groups -OCH3 is 1. The second-order valence-electron chi connectivity index (χ2n) is 15.3. The largest absolute Gasteiger partial charge is 0.494 e. The van der Waals surface area contributed by atoms with Gasteiger partial charge in [0.05, 0.1) is 60.8 Å². The molecule has 26 nitrogen and oxygen atoms in total. The summed E-state index contributed by atoms with van der Waals surface area (Å²) in [6.45, 7) is 0. The summed E-state index contributed by atoms with van der Waals surface area (Å²) >= 11 is 0. The molecule has 7 aromatic rings. The van der Waals surface area contributed by atoms with E-state index >= 15 is 0 Å². The molecule has 8 N–H and O–H groups in total. The molecule has 74 heavy (non-hydrogen) atoms. The molecule has 0 bridgehead atoms. The summed E-state index contributed by atoms with van der Waals surface area (Å²) in [5.74, 6) is -1.28. The maximum atomic E-state index is 14.1. The molecule has 0 heterocycles. The van der Waals surface area contributed by atoms with E-state index in [2.05, 4.69) is 41.2 Å². The van der Waals surface area contributed by atoms with Crippen LogP contribution in [0.1, 0.15) is 15.9 Å². The van der Waals surface area contributed by atoms with Crippen molar-refractivity contribution in [2.24, 2.45) is 35.8 Å². The molecule has 7 aromatic carbocycles. The normalized spacial score (nSPS) is 14.4. The van der Waals surface area contributed by atoms with Gasteiger partial charge < -0.3 is 10.5 Å². The number of ether oxygens (including phenoxy) is 1. The highest BCUT2D eigenvalue weighted by Crippen LogP contribution is 2.44. The van der Waals surface area contributed by atoms with Crippen molar-refractivity contribution in [2.45, 2.75) is 19.6 Å². The highest BCUT2D eigenvalue weighted by atomic mass is 32.2. The smallest absolute Gasteiger partial charge is 0.296 e. The molecule has 0 atom stereocenters. The van der Waals surface area contributed by atoms with Gasteiger partial charge in [-0.15, -0.1) is 20.5 Å². The zero-order chi connectivity index (χ0) is 53.7. The van der Waals surface area contributed by atoms with E-state index in [1.807, 2.05) is 0 Å². The van der Waals surface area contributed by atoms with Gasteiger partial charge in [-0.2, -0.15) is 57.4 Å². The fraction of sp³-hybridized carbons (Fsp3) is 0.0233. The number of ketones is 1. The Morgan fingerprint density at radius 1 is 0.500 bits per heavy atom. The second-order valence-corrected chi connectivity index (χ2v) is 22.4. The molecule has 0 saturated carbocycles. The van der Waals surface area contributed by atoms with Gasteiger partial charge in [0, 0.05) is 38.7 Å². The van der Waals surface area contributed by atoms with Gasteiger partial charge >= 0.3 is 0 Å². The minimum absolute atomic E-state index is 0.000713. The first kappa shape index (κ1) is 52.2. The summed E-state index contributed by atoms with van der Waals surface area (Å²) in [6.07, 6.45) is 0.826. The average Bonchev–Trinajstić information content (AvgIpc) is 3.33. The summed E-state index contributed by atoms with van der Waals surface area (Å²) in [4.78, 5) is 10.8. The van der Waals surface area contributed by atoms with Crippen LogP contribution in [0, 0.1) is 0 Å². The SMILES string of the molecule is COc1cc(N=Nc2ccc(N=Nc3cccc(S(=O)(=O)O)c3)c3ccc(S(=O)(=O)O)cc23)c2cc(S(=O)(=O)O)ccc2c1N/N=C1\C(=O)c2ccc(N)c(N=Nc3cccc(S(=O)(=O)O)c3)c2C=C1S(=O)(=O)O. The average molecular weight is 1110 g/mol. The molecule has 1 aliphatic rings. The van der Waals surface area contributed by atoms with Crippen LogP contribution < -0.4 is 15.9 Å². The highest BCUT2D eigenvalue weighted by Gasteiger charge is 2.35. The number of nitrogens with one attached hydrogen (secondary N) is 1. The van der Waals surface area contributed by atoms with Crippen molar-refractivity contribution in [2.75, 3.05) is 18.3 Å². The van der Waals surface area contributed by atoms with Crippen LogP contribution in [0.5, 0.6) is 5.75 Å². The number of anilines is 2. The van der Waals surface area contributed by atoms with Crippen molar-refractivity contribution >= 4 is 135 Å². The van der Waals surface area contributed by atoms with Crippen LogP contribution in [0.25, 0.3) is 27.6 Å². The van der Waals surface area contributed by atoms with E-state index in [1.165, 1.54) is 67.8 Å². The molecule has 0 saturated heterocycles. The second kappa shape index (κ2) is 19.4. The van der Waals surface area contributed by atoms with Crippen molar-refractivity contribution in [1.82, 2.24) is 0 Å². The van der Waals surface area contributed by atoms with Gasteiger partial charge in [-0.05, 0) is 91.0 Å². The van der Waals surface area contributed by atoms with Crippen molar-refractivity contribution in [3.8, 4) is 5.75 Å². The first-order valence-corrected chi connectivity index (χ1v) is 27.4. The quantitative estimate of drug-likeness (QED) is 0.0231. The molecule has 0 radical (unpaired) electrons. The lowest BCUT2D eigenvalue weighted by atomic mass is 9.92. The molecule has 1 aliphatic carbocycles. The number of hydrogen-bond donors (Lipinski definition) is 7. The number of azo groups is 3. The summed E-state index contributed by atoms with van der Waals surface area (Å²) in [6, 6.07) is 22.2. The fourth-order valence-corrected chi connectivity index (χ4v) is 9.89. The lowest BCUT2D eigenvalue weighted by molar-refractivity contribution is 0.106. The number of fused-ring (bicyclic) bond motifs is 3. The first-order chi connectivity index (χ1) is 34.6. The van der Waals surface area contributed by atoms with Crippen molar-refractivity contribution in [3.05, 3.63) is 131 Å². The first-order valence-electron chi connectivity index (χ1n) is 20.2. The Morgan fingerprint density at radius 3 is 1.53 bits per heavy atom. The lowest BCUT2D eigenvalue weighted by Gasteiger charge is -2.19. The van der Waals surface area contributed by atoms with E-state index in [4.69, 9.17) is 10.5 Å². The molecule has 8 rings (SSSR count). The van der Waals surface area contributed by atoms with E-state index < -0.39 is 86.6 Å². The molecule has 0 fully saturated rings. The maximum absolute atomic E-state index is 14.1. The Labute approximate surface area is 418 Å². The van der Waals surface area contributed by atoms with E-state index in [0.717, 1.165) is 60.7 Å². The Hall–Kier alpha value is -8.11. The topological polar surface area (TPSA) is 423 Å². The van der Waals surface area contributed by atoms with Crippen LogP contribution in [0.4, 0.5) is 45.5 Å². The van der Waals surface area contributed by atoms with Crippen molar-refractivity contribution < 1.29 is 74.4 Å². The van der Waals surface area contributed by atoms with Crippen LogP contribution in [-0.4, -0.2) is 83.5 Å². The molecular formula is C43H31N9O17S5.